The van der Waals surface area contributed by atoms with Crippen molar-refractivity contribution in [3.63, 3.8) is 0 Å². The highest BCUT2D eigenvalue weighted by Gasteiger charge is 2.24. The van der Waals surface area contributed by atoms with Crippen LogP contribution in [-0.2, 0) is 9.59 Å². The fraction of sp³-hybridized carbons (Fsp3) is 0.304. The lowest BCUT2D eigenvalue weighted by Crippen LogP contribution is -2.50. The SMILES string of the molecule is NC(=O)c1ccc(N2CCCCC2)c(NC(=O)c2ccc(N3NC(=O)CCC3=O)cc2)c1. The minimum absolute atomic E-state index is 0.142. The Labute approximate surface area is 185 Å². The van der Waals surface area contributed by atoms with E-state index in [2.05, 4.69) is 15.6 Å². The van der Waals surface area contributed by atoms with Crippen LogP contribution in [0.5, 0.6) is 0 Å². The Morgan fingerprint density at radius 3 is 2.28 bits per heavy atom. The van der Waals surface area contributed by atoms with E-state index in [4.69, 9.17) is 5.73 Å². The summed E-state index contributed by atoms with van der Waals surface area (Å²) in [6.07, 6.45) is 3.61. The van der Waals surface area contributed by atoms with E-state index < -0.39 is 5.91 Å². The van der Waals surface area contributed by atoms with Crippen molar-refractivity contribution < 1.29 is 19.2 Å². The fourth-order valence-electron chi connectivity index (χ4n) is 3.94. The van der Waals surface area contributed by atoms with Gasteiger partial charge in [-0.25, -0.2) is 5.01 Å². The van der Waals surface area contributed by atoms with Crippen LogP contribution in [0, 0.1) is 0 Å². The number of nitrogens with two attached hydrogens (primary N) is 1. The Kier molecular flexibility index (Phi) is 6.07. The van der Waals surface area contributed by atoms with Gasteiger partial charge in [-0.3, -0.25) is 24.6 Å². The zero-order valence-electron chi connectivity index (χ0n) is 17.6. The van der Waals surface area contributed by atoms with Gasteiger partial charge in [-0.2, -0.15) is 0 Å². The lowest BCUT2D eigenvalue weighted by Gasteiger charge is -2.30. The Balaban J connectivity index is 1.55. The summed E-state index contributed by atoms with van der Waals surface area (Å²) in [4.78, 5) is 50.5. The molecule has 4 N–H and O–H groups in total. The minimum Gasteiger partial charge on any atom is -0.370 e. The summed E-state index contributed by atoms with van der Waals surface area (Å²) in [7, 11) is 0. The molecule has 0 aromatic heterocycles. The Morgan fingerprint density at radius 1 is 0.906 bits per heavy atom. The van der Waals surface area contributed by atoms with Crippen molar-refractivity contribution in [1.82, 2.24) is 5.43 Å². The molecule has 32 heavy (non-hydrogen) atoms. The number of carbonyl (C=O) groups excluding carboxylic acids is 4. The third kappa shape index (κ3) is 4.56. The van der Waals surface area contributed by atoms with Gasteiger partial charge in [0.15, 0.2) is 0 Å². The van der Waals surface area contributed by atoms with E-state index in [-0.39, 0.29) is 30.6 Å². The minimum atomic E-state index is -0.566. The van der Waals surface area contributed by atoms with Gasteiger partial charge in [0.05, 0.1) is 17.1 Å². The Morgan fingerprint density at radius 2 is 1.59 bits per heavy atom. The van der Waals surface area contributed by atoms with Gasteiger partial charge < -0.3 is 16.0 Å². The second kappa shape index (κ2) is 9.09. The third-order valence-corrected chi connectivity index (χ3v) is 5.67. The largest absolute Gasteiger partial charge is 0.370 e. The smallest absolute Gasteiger partial charge is 0.255 e. The van der Waals surface area contributed by atoms with Gasteiger partial charge in [-0.05, 0) is 61.7 Å². The van der Waals surface area contributed by atoms with Gasteiger partial charge >= 0.3 is 0 Å². The summed E-state index contributed by atoms with van der Waals surface area (Å²) in [6.45, 7) is 1.76. The molecule has 0 atom stereocenters. The first-order chi connectivity index (χ1) is 15.4. The molecule has 166 valence electrons. The number of hydrogen-bond donors (Lipinski definition) is 3. The van der Waals surface area contributed by atoms with Crippen molar-refractivity contribution in [1.29, 1.82) is 0 Å². The maximum atomic E-state index is 12.9. The van der Waals surface area contributed by atoms with Gasteiger partial charge in [0.25, 0.3) is 5.91 Å². The molecule has 4 rings (SSSR count). The van der Waals surface area contributed by atoms with E-state index >= 15 is 0 Å². The number of anilines is 3. The molecule has 0 unspecified atom stereocenters. The van der Waals surface area contributed by atoms with Crippen LogP contribution in [0.3, 0.4) is 0 Å². The molecule has 9 heteroatoms. The molecular weight excluding hydrogens is 410 g/mol. The Hall–Kier alpha value is -3.88. The van der Waals surface area contributed by atoms with Crippen LogP contribution in [-0.4, -0.2) is 36.7 Å². The van der Waals surface area contributed by atoms with Crippen molar-refractivity contribution in [2.24, 2.45) is 5.73 Å². The fourth-order valence-corrected chi connectivity index (χ4v) is 3.94. The summed E-state index contributed by atoms with van der Waals surface area (Å²) in [5.41, 5.74) is 10.5. The van der Waals surface area contributed by atoms with E-state index in [9.17, 15) is 19.2 Å². The molecule has 2 aliphatic heterocycles. The summed E-state index contributed by atoms with van der Waals surface area (Å²) in [6, 6.07) is 11.4. The summed E-state index contributed by atoms with van der Waals surface area (Å²) >= 11 is 0. The molecule has 0 saturated carbocycles. The lowest BCUT2D eigenvalue weighted by molar-refractivity contribution is -0.130. The summed E-state index contributed by atoms with van der Waals surface area (Å²) < 4.78 is 0. The molecule has 0 aliphatic carbocycles. The average molecular weight is 435 g/mol. The van der Waals surface area contributed by atoms with Crippen LogP contribution in [0.15, 0.2) is 42.5 Å². The topological polar surface area (TPSA) is 125 Å². The first-order valence-electron chi connectivity index (χ1n) is 10.6. The lowest BCUT2D eigenvalue weighted by atomic mass is 10.1. The summed E-state index contributed by atoms with van der Waals surface area (Å²) in [5.74, 6) is -1.36. The quantitative estimate of drug-likeness (QED) is 0.664. The highest BCUT2D eigenvalue weighted by molar-refractivity contribution is 6.07. The molecule has 0 radical (unpaired) electrons. The summed E-state index contributed by atoms with van der Waals surface area (Å²) in [5, 5.41) is 4.09. The predicted molar refractivity (Wildman–Crippen MR) is 120 cm³/mol. The van der Waals surface area contributed by atoms with Crippen LogP contribution in [0.25, 0.3) is 0 Å². The number of nitrogens with zero attached hydrogens (tertiary/aromatic N) is 2. The molecule has 2 aromatic carbocycles. The number of benzene rings is 2. The van der Waals surface area contributed by atoms with Gasteiger partial charge in [-0.1, -0.05) is 0 Å². The molecule has 2 heterocycles. The van der Waals surface area contributed by atoms with Crippen LogP contribution >= 0.6 is 0 Å². The van der Waals surface area contributed by atoms with E-state index in [0.717, 1.165) is 31.6 Å². The number of nitrogens with one attached hydrogen (secondary N) is 2. The molecule has 0 bridgehead atoms. The van der Waals surface area contributed by atoms with Crippen molar-refractivity contribution in [2.75, 3.05) is 28.3 Å². The number of rotatable bonds is 5. The van der Waals surface area contributed by atoms with Crippen LogP contribution in [0.1, 0.15) is 52.8 Å². The normalized spacial score (nSPS) is 16.5. The zero-order chi connectivity index (χ0) is 22.7. The molecule has 4 amide bonds. The molecular formula is C23H25N5O4. The van der Waals surface area contributed by atoms with Crippen LogP contribution in [0.2, 0.25) is 0 Å². The molecule has 9 nitrogen and oxygen atoms in total. The maximum absolute atomic E-state index is 12.9. The van der Waals surface area contributed by atoms with Crippen LogP contribution in [0.4, 0.5) is 17.1 Å². The van der Waals surface area contributed by atoms with Crippen LogP contribution < -0.4 is 26.4 Å². The maximum Gasteiger partial charge on any atom is 0.255 e. The van der Waals surface area contributed by atoms with Gasteiger partial charge in [-0.15, -0.1) is 0 Å². The first-order valence-corrected chi connectivity index (χ1v) is 10.6. The zero-order valence-corrected chi connectivity index (χ0v) is 17.6. The van der Waals surface area contributed by atoms with Crippen molar-refractivity contribution >= 4 is 40.7 Å². The van der Waals surface area contributed by atoms with E-state index in [1.165, 1.54) is 11.4 Å². The second-order valence-corrected chi connectivity index (χ2v) is 7.91. The average Bonchev–Trinajstić information content (AvgIpc) is 2.81. The molecule has 2 saturated heterocycles. The van der Waals surface area contributed by atoms with Crippen molar-refractivity contribution in [3.05, 3.63) is 53.6 Å². The van der Waals surface area contributed by atoms with Crippen molar-refractivity contribution in [2.45, 2.75) is 32.1 Å². The predicted octanol–water partition coefficient (Wildman–Crippen LogP) is 2.19. The van der Waals surface area contributed by atoms with E-state index in [1.54, 1.807) is 36.4 Å². The number of amides is 4. The molecule has 2 fully saturated rings. The van der Waals surface area contributed by atoms with E-state index in [1.807, 2.05) is 6.07 Å². The first kappa shape index (κ1) is 21.4. The third-order valence-electron chi connectivity index (χ3n) is 5.67. The second-order valence-electron chi connectivity index (χ2n) is 7.91. The Bertz CT molecular complexity index is 1060. The van der Waals surface area contributed by atoms with Gasteiger partial charge in [0, 0.05) is 37.1 Å². The highest BCUT2D eigenvalue weighted by atomic mass is 16.2. The number of hydrazine groups is 1. The number of carbonyl (C=O) groups is 4. The van der Waals surface area contributed by atoms with Gasteiger partial charge in [0.1, 0.15) is 0 Å². The van der Waals surface area contributed by atoms with Crippen molar-refractivity contribution in [3.8, 4) is 0 Å². The monoisotopic (exact) mass is 435 g/mol. The molecule has 2 aliphatic rings. The standard InChI is InChI=1S/C23H25N5O4/c24-22(31)16-6-9-19(27-12-2-1-3-13-27)18(14-16)25-23(32)15-4-7-17(8-5-15)28-21(30)11-10-20(29)26-28/h4-9,14H,1-3,10-13H2,(H2,24,31)(H,25,32)(H,26,29). The molecule has 2 aromatic rings. The number of primary amides is 1. The van der Waals surface area contributed by atoms with Gasteiger partial charge in [0.2, 0.25) is 17.7 Å². The highest BCUT2D eigenvalue weighted by Crippen LogP contribution is 2.30. The number of hydrogen-bond acceptors (Lipinski definition) is 5. The number of piperidine rings is 1. The molecule has 0 spiro atoms. The van der Waals surface area contributed by atoms with E-state index in [0.29, 0.717) is 22.5 Å².